The summed E-state index contributed by atoms with van der Waals surface area (Å²) in [6.07, 6.45) is 3.65. The molecule has 0 saturated heterocycles. The lowest BCUT2D eigenvalue weighted by molar-refractivity contribution is 0.479. The number of aryl methyl sites for hydroxylation is 2. The zero-order valence-electron chi connectivity index (χ0n) is 11.4. The molecule has 2 aromatic carbocycles. The molecule has 2 aromatic rings. The Morgan fingerprint density at radius 3 is 1.58 bits per heavy atom. The molecule has 0 heterocycles. The molecule has 0 saturated carbocycles. The molecule has 96 valence electrons. The number of hydrogen-bond acceptors (Lipinski definition) is 1. The molecule has 19 heavy (non-hydrogen) atoms. The molecule has 0 bridgehead atoms. The van der Waals surface area contributed by atoms with E-state index in [-0.39, 0.29) is 0 Å². The molecule has 0 amide bonds. The van der Waals surface area contributed by atoms with Gasteiger partial charge in [-0.25, -0.2) is 0 Å². The van der Waals surface area contributed by atoms with Gasteiger partial charge in [0.1, 0.15) is 11.5 Å². The van der Waals surface area contributed by atoms with Gasteiger partial charge in [-0.05, 0) is 37.1 Å². The largest absolute Gasteiger partial charge is 0.456 e. The standard InChI is InChI=1S/C18H18O/c1-5-15-13(3)9-7-11-17(15)19-18-12-8-10-14(4)16(18)6-2/h5-12H,1-2H2,3-4H3. The lowest BCUT2D eigenvalue weighted by atomic mass is 10.1. The molecule has 0 N–H and O–H groups in total. The molecular formula is C18H18O. The van der Waals surface area contributed by atoms with Crippen molar-refractivity contribution in [1.29, 1.82) is 0 Å². The van der Waals surface area contributed by atoms with E-state index in [1.807, 2.05) is 36.4 Å². The van der Waals surface area contributed by atoms with E-state index in [0.29, 0.717) is 0 Å². The monoisotopic (exact) mass is 250 g/mol. The second-order valence-corrected chi connectivity index (χ2v) is 4.48. The highest BCUT2D eigenvalue weighted by Gasteiger charge is 2.08. The molecule has 0 atom stereocenters. The molecule has 0 aliphatic carbocycles. The third kappa shape index (κ3) is 2.60. The topological polar surface area (TPSA) is 9.23 Å². The number of ether oxygens (including phenoxy) is 1. The van der Waals surface area contributed by atoms with Crippen molar-refractivity contribution in [3.05, 3.63) is 71.8 Å². The molecule has 0 aliphatic rings. The summed E-state index contributed by atoms with van der Waals surface area (Å²) in [5.41, 5.74) is 4.36. The van der Waals surface area contributed by atoms with Crippen molar-refractivity contribution in [3.63, 3.8) is 0 Å². The van der Waals surface area contributed by atoms with E-state index in [2.05, 4.69) is 39.1 Å². The third-order valence-electron chi connectivity index (χ3n) is 3.20. The summed E-state index contributed by atoms with van der Waals surface area (Å²) < 4.78 is 6.04. The summed E-state index contributed by atoms with van der Waals surface area (Å²) >= 11 is 0. The van der Waals surface area contributed by atoms with Crippen LogP contribution < -0.4 is 4.74 Å². The van der Waals surface area contributed by atoms with E-state index in [0.717, 1.165) is 33.8 Å². The predicted octanol–water partition coefficient (Wildman–Crippen LogP) is 5.38. The van der Waals surface area contributed by atoms with E-state index in [4.69, 9.17) is 4.74 Å². The Morgan fingerprint density at radius 2 is 1.21 bits per heavy atom. The summed E-state index contributed by atoms with van der Waals surface area (Å²) in [5, 5.41) is 0. The van der Waals surface area contributed by atoms with Gasteiger partial charge in [0.25, 0.3) is 0 Å². The Hall–Kier alpha value is -2.28. The van der Waals surface area contributed by atoms with Gasteiger partial charge in [0.2, 0.25) is 0 Å². The van der Waals surface area contributed by atoms with Crippen LogP contribution in [0.2, 0.25) is 0 Å². The van der Waals surface area contributed by atoms with E-state index in [1.54, 1.807) is 0 Å². The minimum atomic E-state index is 0.823. The highest BCUT2D eigenvalue weighted by atomic mass is 16.5. The quantitative estimate of drug-likeness (QED) is 0.707. The highest BCUT2D eigenvalue weighted by molar-refractivity contribution is 5.64. The van der Waals surface area contributed by atoms with Crippen molar-refractivity contribution in [2.45, 2.75) is 13.8 Å². The van der Waals surface area contributed by atoms with Gasteiger partial charge in [-0.2, -0.15) is 0 Å². The van der Waals surface area contributed by atoms with Crippen LogP contribution in [-0.2, 0) is 0 Å². The molecule has 0 unspecified atom stereocenters. The Labute approximate surface area is 114 Å². The summed E-state index contributed by atoms with van der Waals surface area (Å²) in [6, 6.07) is 12.0. The lowest BCUT2D eigenvalue weighted by Gasteiger charge is -2.14. The van der Waals surface area contributed by atoms with E-state index < -0.39 is 0 Å². The maximum absolute atomic E-state index is 6.04. The van der Waals surface area contributed by atoms with Crippen LogP contribution in [0.15, 0.2) is 49.6 Å². The highest BCUT2D eigenvalue weighted by Crippen LogP contribution is 2.32. The SMILES string of the molecule is C=Cc1c(C)cccc1Oc1cccc(C)c1C=C. The van der Waals surface area contributed by atoms with Crippen molar-refractivity contribution in [1.82, 2.24) is 0 Å². The first-order chi connectivity index (χ1) is 9.17. The Bertz CT molecular complexity index is 568. The molecule has 1 heteroatoms. The van der Waals surface area contributed by atoms with Crippen molar-refractivity contribution >= 4 is 12.2 Å². The second-order valence-electron chi connectivity index (χ2n) is 4.48. The summed E-state index contributed by atoms with van der Waals surface area (Å²) in [7, 11) is 0. The molecule has 1 nitrogen and oxygen atoms in total. The van der Waals surface area contributed by atoms with Gasteiger partial charge in [0.05, 0.1) is 0 Å². The van der Waals surface area contributed by atoms with E-state index in [9.17, 15) is 0 Å². The molecular weight excluding hydrogens is 232 g/mol. The van der Waals surface area contributed by atoms with Crippen LogP contribution in [-0.4, -0.2) is 0 Å². The van der Waals surface area contributed by atoms with Crippen molar-refractivity contribution in [2.24, 2.45) is 0 Å². The Morgan fingerprint density at radius 1 is 0.789 bits per heavy atom. The fraction of sp³-hybridized carbons (Fsp3) is 0.111. The summed E-state index contributed by atoms with van der Waals surface area (Å²) in [4.78, 5) is 0. The van der Waals surface area contributed by atoms with Crippen molar-refractivity contribution in [3.8, 4) is 11.5 Å². The number of rotatable bonds is 4. The zero-order valence-corrected chi connectivity index (χ0v) is 11.4. The van der Waals surface area contributed by atoms with Crippen molar-refractivity contribution in [2.75, 3.05) is 0 Å². The molecule has 0 aromatic heterocycles. The van der Waals surface area contributed by atoms with Gasteiger partial charge in [-0.1, -0.05) is 49.6 Å². The number of hydrogen-bond donors (Lipinski definition) is 0. The zero-order chi connectivity index (χ0) is 13.8. The fourth-order valence-corrected chi connectivity index (χ4v) is 2.13. The van der Waals surface area contributed by atoms with Crippen molar-refractivity contribution < 1.29 is 4.74 Å². The van der Waals surface area contributed by atoms with Gasteiger partial charge in [0.15, 0.2) is 0 Å². The van der Waals surface area contributed by atoms with Gasteiger partial charge >= 0.3 is 0 Å². The smallest absolute Gasteiger partial charge is 0.134 e. The summed E-state index contributed by atoms with van der Waals surface area (Å²) in [6.45, 7) is 11.8. The molecule has 0 spiro atoms. The van der Waals surface area contributed by atoms with Crippen LogP contribution in [0, 0.1) is 13.8 Å². The minimum Gasteiger partial charge on any atom is -0.456 e. The van der Waals surface area contributed by atoms with Crippen LogP contribution >= 0.6 is 0 Å². The van der Waals surface area contributed by atoms with Gasteiger partial charge in [0, 0.05) is 11.1 Å². The molecule has 0 radical (unpaired) electrons. The van der Waals surface area contributed by atoms with Crippen LogP contribution in [0.4, 0.5) is 0 Å². The first-order valence-electron chi connectivity index (χ1n) is 6.29. The third-order valence-corrected chi connectivity index (χ3v) is 3.20. The number of benzene rings is 2. The maximum atomic E-state index is 6.04. The van der Waals surface area contributed by atoms with Gasteiger partial charge in [-0.15, -0.1) is 0 Å². The van der Waals surface area contributed by atoms with Gasteiger partial charge in [-0.3, -0.25) is 0 Å². The lowest BCUT2D eigenvalue weighted by Crippen LogP contribution is -1.93. The molecule has 0 aliphatic heterocycles. The molecule has 2 rings (SSSR count). The fourth-order valence-electron chi connectivity index (χ4n) is 2.13. The van der Waals surface area contributed by atoms with E-state index in [1.165, 1.54) is 0 Å². The van der Waals surface area contributed by atoms with Gasteiger partial charge < -0.3 is 4.74 Å². The normalized spacial score (nSPS) is 10.0. The van der Waals surface area contributed by atoms with Crippen LogP contribution in [0.25, 0.3) is 12.2 Å². The van der Waals surface area contributed by atoms with Crippen LogP contribution in [0.1, 0.15) is 22.3 Å². The molecule has 0 fully saturated rings. The predicted molar refractivity (Wildman–Crippen MR) is 82.6 cm³/mol. The average Bonchev–Trinajstić information content (AvgIpc) is 2.39. The first-order valence-corrected chi connectivity index (χ1v) is 6.29. The summed E-state index contributed by atoms with van der Waals surface area (Å²) in [5.74, 6) is 1.65. The second kappa shape index (κ2) is 5.57. The first kappa shape index (κ1) is 13.2. The van der Waals surface area contributed by atoms with Crippen LogP contribution in [0.5, 0.6) is 11.5 Å². The average molecular weight is 250 g/mol. The Kier molecular flexibility index (Phi) is 3.86. The Balaban J connectivity index is 2.48. The maximum Gasteiger partial charge on any atom is 0.134 e. The minimum absolute atomic E-state index is 0.823. The van der Waals surface area contributed by atoms with E-state index >= 15 is 0 Å². The van der Waals surface area contributed by atoms with Crippen LogP contribution in [0.3, 0.4) is 0 Å².